The van der Waals surface area contributed by atoms with Crippen molar-refractivity contribution < 1.29 is 4.79 Å². The van der Waals surface area contributed by atoms with Gasteiger partial charge in [0, 0.05) is 10.7 Å². The molecule has 1 aromatic heterocycles. The first-order valence-electron chi connectivity index (χ1n) is 5.38. The summed E-state index contributed by atoms with van der Waals surface area (Å²) < 4.78 is 0. The van der Waals surface area contributed by atoms with E-state index in [1.165, 1.54) is 6.20 Å². The normalized spacial score (nSPS) is 9.74. The van der Waals surface area contributed by atoms with E-state index in [-0.39, 0.29) is 11.4 Å². The van der Waals surface area contributed by atoms with E-state index in [9.17, 15) is 4.79 Å². The van der Waals surface area contributed by atoms with E-state index >= 15 is 0 Å². The molecule has 0 aliphatic heterocycles. The molecule has 0 aliphatic rings. The Hall–Kier alpha value is -2.52. The molecule has 0 fully saturated rings. The van der Waals surface area contributed by atoms with E-state index in [0.717, 1.165) is 5.56 Å². The fourth-order valence-electron chi connectivity index (χ4n) is 1.41. The number of aryl methyl sites for hydroxylation is 1. The van der Waals surface area contributed by atoms with E-state index in [0.29, 0.717) is 10.7 Å². The molecule has 3 N–H and O–H groups in total. The molecule has 1 heterocycles. The molecule has 2 amide bonds. The van der Waals surface area contributed by atoms with Crippen LogP contribution in [0.15, 0.2) is 24.4 Å². The minimum Gasteiger partial charge on any atom is -0.308 e. The molecule has 1 aromatic carbocycles. The number of carbonyl (C=O) groups is 1. The highest BCUT2D eigenvalue weighted by atomic mass is 35.5. The quantitative estimate of drug-likeness (QED) is 0.786. The molecule has 0 atom stereocenters. The molecule has 0 aliphatic carbocycles. The molecule has 0 saturated heterocycles. The van der Waals surface area contributed by atoms with Crippen molar-refractivity contribution in [2.75, 3.05) is 10.6 Å². The molecule has 7 heteroatoms. The van der Waals surface area contributed by atoms with Crippen molar-refractivity contribution >= 4 is 29.1 Å². The van der Waals surface area contributed by atoms with E-state index in [2.05, 4.69) is 20.8 Å². The highest BCUT2D eigenvalue weighted by Gasteiger charge is 2.09. The lowest BCUT2D eigenvalue weighted by molar-refractivity contribution is 0.262. The van der Waals surface area contributed by atoms with Crippen molar-refractivity contribution in [3.63, 3.8) is 0 Å². The van der Waals surface area contributed by atoms with Crippen LogP contribution in [-0.2, 0) is 0 Å². The highest BCUT2D eigenvalue weighted by molar-refractivity contribution is 6.31. The molecule has 0 bridgehead atoms. The Morgan fingerprint density at radius 2 is 2.26 bits per heavy atom. The lowest BCUT2D eigenvalue weighted by Crippen LogP contribution is -2.20. The summed E-state index contributed by atoms with van der Waals surface area (Å²) in [6.07, 6.45) is 1.33. The number of hydrogen-bond donors (Lipinski definition) is 3. The fraction of sp³-hybridized carbons (Fsp3) is 0.0833. The van der Waals surface area contributed by atoms with Crippen molar-refractivity contribution in [1.82, 2.24) is 10.2 Å². The molecular weight excluding hydrogens is 266 g/mol. The number of benzene rings is 1. The van der Waals surface area contributed by atoms with Crippen LogP contribution in [0.2, 0.25) is 5.02 Å². The van der Waals surface area contributed by atoms with Gasteiger partial charge in [-0.15, -0.1) is 0 Å². The van der Waals surface area contributed by atoms with Gasteiger partial charge in [0.05, 0.1) is 6.20 Å². The van der Waals surface area contributed by atoms with Gasteiger partial charge < -0.3 is 5.32 Å². The maximum absolute atomic E-state index is 11.7. The third-order valence-corrected chi connectivity index (χ3v) is 2.84. The smallest absolute Gasteiger partial charge is 0.308 e. The van der Waals surface area contributed by atoms with Gasteiger partial charge in [0.1, 0.15) is 17.5 Å². The summed E-state index contributed by atoms with van der Waals surface area (Å²) in [6.45, 7) is 1.87. The largest absolute Gasteiger partial charge is 0.324 e. The number of H-pyrrole nitrogens is 1. The van der Waals surface area contributed by atoms with Gasteiger partial charge >= 0.3 is 6.03 Å². The van der Waals surface area contributed by atoms with Crippen LogP contribution in [0.3, 0.4) is 0 Å². The van der Waals surface area contributed by atoms with Crippen LogP contribution in [0.5, 0.6) is 0 Å². The third-order valence-electron chi connectivity index (χ3n) is 2.43. The standard InChI is InChI=1S/C12H10ClN5O/c1-7-2-3-9(4-10(7)13)16-12(19)17-11-8(5-14)6-15-18-11/h2-4,6H,1H3,(H3,15,16,17,18,19). The topological polar surface area (TPSA) is 93.6 Å². The number of rotatable bonds is 2. The predicted octanol–water partition coefficient (Wildman–Crippen LogP) is 2.89. The number of aromatic amines is 1. The van der Waals surface area contributed by atoms with Crippen molar-refractivity contribution in [3.8, 4) is 6.07 Å². The molecule has 0 radical (unpaired) electrons. The maximum atomic E-state index is 11.7. The zero-order valence-electron chi connectivity index (χ0n) is 9.99. The minimum atomic E-state index is -0.485. The molecule has 0 unspecified atom stereocenters. The average Bonchev–Trinajstić information content (AvgIpc) is 2.81. The molecule has 0 saturated carbocycles. The second kappa shape index (κ2) is 5.42. The van der Waals surface area contributed by atoms with E-state index in [1.807, 2.05) is 13.0 Å². The van der Waals surface area contributed by atoms with Crippen LogP contribution in [0.4, 0.5) is 16.3 Å². The second-order valence-corrected chi connectivity index (χ2v) is 4.22. The zero-order chi connectivity index (χ0) is 13.8. The van der Waals surface area contributed by atoms with E-state index in [1.54, 1.807) is 18.2 Å². The fourth-order valence-corrected chi connectivity index (χ4v) is 1.59. The van der Waals surface area contributed by atoms with Gasteiger partial charge in [-0.25, -0.2) is 4.79 Å². The Labute approximate surface area is 114 Å². The Morgan fingerprint density at radius 3 is 2.95 bits per heavy atom. The van der Waals surface area contributed by atoms with Gasteiger partial charge in [-0.1, -0.05) is 17.7 Å². The van der Waals surface area contributed by atoms with Crippen molar-refractivity contribution in [1.29, 1.82) is 5.26 Å². The number of amides is 2. The summed E-state index contributed by atoms with van der Waals surface area (Å²) in [5, 5.41) is 20.6. The number of nitrogens with zero attached hydrogens (tertiary/aromatic N) is 2. The number of carbonyl (C=O) groups excluding carboxylic acids is 1. The number of hydrogen-bond acceptors (Lipinski definition) is 3. The lowest BCUT2D eigenvalue weighted by Gasteiger charge is -2.07. The Kier molecular flexibility index (Phi) is 3.68. The molecule has 6 nitrogen and oxygen atoms in total. The summed E-state index contributed by atoms with van der Waals surface area (Å²) in [5.41, 5.74) is 1.75. The number of halogens is 1. The number of aromatic nitrogens is 2. The summed E-state index contributed by atoms with van der Waals surface area (Å²) in [7, 11) is 0. The highest BCUT2D eigenvalue weighted by Crippen LogP contribution is 2.20. The van der Waals surface area contributed by atoms with Crippen LogP contribution in [0, 0.1) is 18.3 Å². The number of nitriles is 1. The van der Waals surface area contributed by atoms with E-state index < -0.39 is 6.03 Å². The van der Waals surface area contributed by atoms with Gasteiger partial charge in [-0.3, -0.25) is 10.4 Å². The Morgan fingerprint density at radius 1 is 1.47 bits per heavy atom. The zero-order valence-corrected chi connectivity index (χ0v) is 10.7. The molecule has 2 rings (SSSR count). The Bertz CT molecular complexity index is 658. The summed E-state index contributed by atoms with van der Waals surface area (Å²) >= 11 is 5.96. The monoisotopic (exact) mass is 275 g/mol. The summed E-state index contributed by atoms with van der Waals surface area (Å²) in [6, 6.07) is 6.60. The van der Waals surface area contributed by atoms with Crippen LogP contribution in [0.1, 0.15) is 11.1 Å². The lowest BCUT2D eigenvalue weighted by atomic mass is 10.2. The minimum absolute atomic E-state index is 0.248. The SMILES string of the molecule is Cc1ccc(NC(=O)Nc2[nH]ncc2C#N)cc1Cl. The predicted molar refractivity (Wildman–Crippen MR) is 72.1 cm³/mol. The molecule has 96 valence electrons. The first kappa shape index (κ1) is 12.9. The number of urea groups is 1. The van der Waals surface area contributed by atoms with Gasteiger partial charge in [-0.05, 0) is 24.6 Å². The Balaban J connectivity index is 2.06. The molecule has 19 heavy (non-hydrogen) atoms. The second-order valence-electron chi connectivity index (χ2n) is 3.81. The molecular formula is C12H10ClN5O. The summed E-state index contributed by atoms with van der Waals surface area (Å²) in [5.74, 6) is 0.248. The van der Waals surface area contributed by atoms with E-state index in [4.69, 9.17) is 16.9 Å². The molecule has 0 spiro atoms. The molecule has 2 aromatic rings. The van der Waals surface area contributed by atoms with Crippen molar-refractivity contribution in [2.45, 2.75) is 6.92 Å². The van der Waals surface area contributed by atoms with Crippen LogP contribution >= 0.6 is 11.6 Å². The van der Waals surface area contributed by atoms with Gasteiger partial charge in [-0.2, -0.15) is 10.4 Å². The van der Waals surface area contributed by atoms with Crippen LogP contribution in [-0.4, -0.2) is 16.2 Å². The maximum Gasteiger partial charge on any atom is 0.324 e. The van der Waals surface area contributed by atoms with Gasteiger partial charge in [0.15, 0.2) is 0 Å². The summed E-state index contributed by atoms with van der Waals surface area (Å²) in [4.78, 5) is 11.7. The van der Waals surface area contributed by atoms with Crippen LogP contribution in [0.25, 0.3) is 0 Å². The third kappa shape index (κ3) is 3.03. The van der Waals surface area contributed by atoms with Gasteiger partial charge in [0.2, 0.25) is 0 Å². The number of anilines is 2. The van der Waals surface area contributed by atoms with Crippen molar-refractivity contribution in [2.24, 2.45) is 0 Å². The van der Waals surface area contributed by atoms with Crippen LogP contribution < -0.4 is 10.6 Å². The van der Waals surface area contributed by atoms with Crippen molar-refractivity contribution in [3.05, 3.63) is 40.5 Å². The average molecular weight is 276 g/mol. The number of nitrogens with one attached hydrogen (secondary N) is 3. The van der Waals surface area contributed by atoms with Gasteiger partial charge in [0.25, 0.3) is 0 Å². The first-order valence-corrected chi connectivity index (χ1v) is 5.75. The first-order chi connectivity index (χ1) is 9.10.